The molecule has 1 heterocycles. The largest absolute Gasteiger partial charge is 0.456 e. The minimum absolute atomic E-state index is 0.0517. The predicted octanol–water partition coefficient (Wildman–Crippen LogP) is 6.91. The summed E-state index contributed by atoms with van der Waals surface area (Å²) in [7, 11) is 1.89. The molecule has 2 unspecified atom stereocenters. The Balaban J connectivity index is 1.27. The van der Waals surface area contributed by atoms with Crippen molar-refractivity contribution in [3.05, 3.63) is 120 Å². The Morgan fingerprint density at radius 1 is 0.892 bits per heavy atom. The molecular formula is C32H27FN2O2. The highest BCUT2D eigenvalue weighted by Gasteiger charge is 2.39. The Morgan fingerprint density at radius 2 is 1.65 bits per heavy atom. The van der Waals surface area contributed by atoms with Crippen LogP contribution in [0.25, 0.3) is 33.4 Å². The highest BCUT2D eigenvalue weighted by atomic mass is 19.1. The van der Waals surface area contributed by atoms with E-state index in [-0.39, 0.29) is 17.8 Å². The number of amides is 1. The van der Waals surface area contributed by atoms with Gasteiger partial charge in [0.05, 0.1) is 0 Å². The molecular weight excluding hydrogens is 463 g/mol. The third-order valence-corrected chi connectivity index (χ3v) is 7.04. The summed E-state index contributed by atoms with van der Waals surface area (Å²) in [5, 5.41) is 7.40. The van der Waals surface area contributed by atoms with Crippen LogP contribution in [-0.4, -0.2) is 19.0 Å². The van der Waals surface area contributed by atoms with Gasteiger partial charge in [0.1, 0.15) is 17.2 Å². The minimum atomic E-state index is -0.279. The van der Waals surface area contributed by atoms with Gasteiger partial charge in [-0.1, -0.05) is 48.5 Å². The SMILES string of the molecule is CNCc1c(-c2ccc(F)cc2)oc2ccc(-c3cccc(C(=O)NC4CC4c4ccccc4)c3)cc12. The van der Waals surface area contributed by atoms with Crippen LogP contribution in [0.3, 0.4) is 0 Å². The molecule has 4 nitrogen and oxygen atoms in total. The van der Waals surface area contributed by atoms with E-state index in [1.807, 2.05) is 61.6 Å². The lowest BCUT2D eigenvalue weighted by Crippen LogP contribution is -2.26. The molecule has 0 spiro atoms. The van der Waals surface area contributed by atoms with Crippen LogP contribution in [-0.2, 0) is 6.54 Å². The van der Waals surface area contributed by atoms with E-state index in [1.165, 1.54) is 17.7 Å². The topological polar surface area (TPSA) is 54.3 Å². The van der Waals surface area contributed by atoms with Gasteiger partial charge in [-0.2, -0.15) is 0 Å². The molecule has 6 rings (SSSR count). The third-order valence-electron chi connectivity index (χ3n) is 7.04. The second kappa shape index (κ2) is 9.68. The van der Waals surface area contributed by atoms with Crippen LogP contribution in [0, 0.1) is 5.82 Å². The molecule has 0 saturated heterocycles. The van der Waals surface area contributed by atoms with Crippen molar-refractivity contribution in [1.82, 2.24) is 10.6 Å². The second-order valence-electron chi connectivity index (χ2n) is 9.57. The number of furan rings is 1. The van der Waals surface area contributed by atoms with Crippen molar-refractivity contribution >= 4 is 16.9 Å². The Labute approximate surface area is 215 Å². The summed E-state index contributed by atoms with van der Waals surface area (Å²) in [5.74, 6) is 0.785. The van der Waals surface area contributed by atoms with E-state index >= 15 is 0 Å². The average Bonchev–Trinajstić information content (AvgIpc) is 3.62. The number of hydrogen-bond donors (Lipinski definition) is 2. The molecule has 2 atom stereocenters. The maximum Gasteiger partial charge on any atom is 0.251 e. The smallest absolute Gasteiger partial charge is 0.251 e. The van der Waals surface area contributed by atoms with Crippen LogP contribution in [0.4, 0.5) is 4.39 Å². The van der Waals surface area contributed by atoms with E-state index in [9.17, 15) is 9.18 Å². The number of benzene rings is 4. The molecule has 1 amide bonds. The first-order chi connectivity index (χ1) is 18.1. The standard InChI is InChI=1S/C32H27FN2O2/c1-34-19-28-27-17-23(12-15-30(27)37-31(28)21-10-13-25(33)14-11-21)22-8-5-9-24(16-22)32(36)35-29-18-26(29)20-6-3-2-4-7-20/h2-17,26,29,34H,18-19H2,1H3,(H,35,36). The van der Waals surface area contributed by atoms with Crippen molar-refractivity contribution in [3.63, 3.8) is 0 Å². The zero-order valence-electron chi connectivity index (χ0n) is 20.5. The van der Waals surface area contributed by atoms with E-state index in [0.717, 1.165) is 45.4 Å². The summed E-state index contributed by atoms with van der Waals surface area (Å²) in [4.78, 5) is 13.0. The first-order valence-corrected chi connectivity index (χ1v) is 12.5. The number of rotatable bonds is 7. The normalized spacial score (nSPS) is 16.6. The molecule has 1 aliphatic carbocycles. The summed E-state index contributed by atoms with van der Waals surface area (Å²) < 4.78 is 19.7. The lowest BCUT2D eigenvalue weighted by molar-refractivity contribution is 0.0950. The molecule has 0 bridgehead atoms. The molecule has 0 radical (unpaired) electrons. The monoisotopic (exact) mass is 490 g/mol. The van der Waals surface area contributed by atoms with E-state index < -0.39 is 0 Å². The maximum absolute atomic E-state index is 13.5. The van der Waals surface area contributed by atoms with Gasteiger partial charge in [-0.15, -0.1) is 0 Å². The fraction of sp³-hybridized carbons (Fsp3) is 0.156. The van der Waals surface area contributed by atoms with E-state index in [0.29, 0.717) is 18.0 Å². The summed E-state index contributed by atoms with van der Waals surface area (Å²) in [6.07, 6.45) is 0.969. The molecule has 0 aliphatic heterocycles. The molecule has 37 heavy (non-hydrogen) atoms. The lowest BCUT2D eigenvalue weighted by Gasteiger charge is -2.08. The Bertz CT molecular complexity index is 1570. The van der Waals surface area contributed by atoms with Gasteiger partial charge in [-0.05, 0) is 78.7 Å². The van der Waals surface area contributed by atoms with Crippen molar-refractivity contribution in [2.24, 2.45) is 0 Å². The summed E-state index contributed by atoms with van der Waals surface area (Å²) >= 11 is 0. The van der Waals surface area contributed by atoms with Gasteiger partial charge < -0.3 is 15.1 Å². The molecule has 4 aromatic carbocycles. The first-order valence-electron chi connectivity index (χ1n) is 12.5. The fourth-order valence-corrected chi connectivity index (χ4v) is 5.03. The van der Waals surface area contributed by atoms with Gasteiger partial charge in [0.2, 0.25) is 0 Å². The number of fused-ring (bicyclic) bond motifs is 1. The summed E-state index contributed by atoms with van der Waals surface area (Å²) in [5.41, 5.74) is 6.49. The highest BCUT2D eigenvalue weighted by Crippen LogP contribution is 2.41. The molecule has 1 aromatic heterocycles. The van der Waals surface area contributed by atoms with Crippen molar-refractivity contribution in [2.45, 2.75) is 24.9 Å². The quantitative estimate of drug-likeness (QED) is 0.261. The van der Waals surface area contributed by atoms with Crippen molar-refractivity contribution in [1.29, 1.82) is 0 Å². The van der Waals surface area contributed by atoms with Gasteiger partial charge >= 0.3 is 0 Å². The van der Waals surface area contributed by atoms with Gasteiger partial charge in [0.25, 0.3) is 5.91 Å². The van der Waals surface area contributed by atoms with Crippen molar-refractivity contribution in [3.8, 4) is 22.5 Å². The van der Waals surface area contributed by atoms with Crippen LogP contribution in [0.1, 0.15) is 33.8 Å². The van der Waals surface area contributed by atoms with Gasteiger partial charge in [0.15, 0.2) is 0 Å². The number of carbonyl (C=O) groups is 1. The molecule has 1 fully saturated rings. The molecule has 2 N–H and O–H groups in total. The molecule has 1 aliphatic rings. The minimum Gasteiger partial charge on any atom is -0.456 e. The van der Waals surface area contributed by atoms with Crippen LogP contribution >= 0.6 is 0 Å². The van der Waals surface area contributed by atoms with E-state index in [2.05, 4.69) is 28.8 Å². The summed E-state index contributed by atoms with van der Waals surface area (Å²) in [6, 6.07) is 30.6. The van der Waals surface area contributed by atoms with Crippen molar-refractivity contribution in [2.75, 3.05) is 7.05 Å². The van der Waals surface area contributed by atoms with Gasteiger partial charge in [-0.25, -0.2) is 4.39 Å². The van der Waals surface area contributed by atoms with E-state index in [4.69, 9.17) is 4.42 Å². The Morgan fingerprint density at radius 3 is 2.43 bits per heavy atom. The van der Waals surface area contributed by atoms with Crippen LogP contribution in [0.15, 0.2) is 101 Å². The fourth-order valence-electron chi connectivity index (χ4n) is 5.03. The zero-order chi connectivity index (χ0) is 25.4. The third kappa shape index (κ3) is 4.66. The van der Waals surface area contributed by atoms with Gasteiger partial charge in [-0.3, -0.25) is 4.79 Å². The molecule has 5 heteroatoms. The van der Waals surface area contributed by atoms with Crippen LogP contribution < -0.4 is 10.6 Å². The molecule has 1 saturated carbocycles. The van der Waals surface area contributed by atoms with Crippen LogP contribution in [0.5, 0.6) is 0 Å². The average molecular weight is 491 g/mol. The Kier molecular flexibility index (Phi) is 6.07. The van der Waals surface area contributed by atoms with Gasteiger partial charge in [0, 0.05) is 40.6 Å². The number of nitrogens with one attached hydrogen (secondary N) is 2. The van der Waals surface area contributed by atoms with Crippen molar-refractivity contribution < 1.29 is 13.6 Å². The summed E-state index contributed by atoms with van der Waals surface area (Å²) in [6.45, 7) is 0.607. The lowest BCUT2D eigenvalue weighted by atomic mass is 9.99. The zero-order valence-corrected chi connectivity index (χ0v) is 20.5. The highest BCUT2D eigenvalue weighted by molar-refractivity contribution is 5.97. The molecule has 5 aromatic rings. The molecule has 184 valence electrons. The number of carbonyl (C=O) groups excluding carboxylic acids is 1. The number of halogens is 1. The predicted molar refractivity (Wildman–Crippen MR) is 145 cm³/mol. The number of hydrogen-bond acceptors (Lipinski definition) is 3. The van der Waals surface area contributed by atoms with Crippen LogP contribution in [0.2, 0.25) is 0 Å². The first kappa shape index (κ1) is 23.2. The second-order valence-corrected chi connectivity index (χ2v) is 9.57. The van der Waals surface area contributed by atoms with E-state index in [1.54, 1.807) is 12.1 Å². The Hall–Kier alpha value is -4.22. The maximum atomic E-state index is 13.5.